The molecule has 1 N–H and O–H groups in total. The fourth-order valence-electron chi connectivity index (χ4n) is 3.07. The molecule has 2 aromatic carbocycles. The van der Waals surface area contributed by atoms with Crippen LogP contribution in [0.25, 0.3) is 21.3 Å². The first-order chi connectivity index (χ1) is 14.1. The third kappa shape index (κ3) is 4.49. The molecular weight excluding hydrogens is 398 g/mol. The number of benzene rings is 2. The molecule has 0 atom stereocenters. The number of thioether (sulfide) groups is 1. The van der Waals surface area contributed by atoms with Gasteiger partial charge in [-0.3, -0.25) is 4.79 Å². The largest absolute Gasteiger partial charge is 0.325 e. The van der Waals surface area contributed by atoms with Gasteiger partial charge in [0.15, 0.2) is 0 Å². The number of fused-ring (bicyclic) bond motifs is 1. The van der Waals surface area contributed by atoms with Crippen molar-refractivity contribution in [2.45, 2.75) is 24.8 Å². The van der Waals surface area contributed by atoms with E-state index in [1.54, 1.807) is 17.7 Å². The molecule has 2 heterocycles. The van der Waals surface area contributed by atoms with Crippen LogP contribution >= 0.6 is 23.1 Å². The predicted octanol–water partition coefficient (Wildman–Crippen LogP) is 6.21. The van der Waals surface area contributed by atoms with Gasteiger partial charge in [-0.1, -0.05) is 68.1 Å². The summed E-state index contributed by atoms with van der Waals surface area (Å²) >= 11 is 3.04. The molecule has 6 heteroatoms. The smallest absolute Gasteiger partial charge is 0.234 e. The van der Waals surface area contributed by atoms with E-state index in [0.717, 1.165) is 32.1 Å². The standard InChI is InChI=1S/C23H21N3OS2/c1-15(2)16-8-10-18(11-9-16)26-20(27)13-29-23-21-19(17-6-4-3-5-7-17)12-28-22(21)24-14-25-23/h3-12,14-15H,13H2,1-2H3,(H,26,27). The molecule has 0 radical (unpaired) electrons. The Morgan fingerprint density at radius 2 is 1.83 bits per heavy atom. The number of rotatable bonds is 6. The van der Waals surface area contributed by atoms with E-state index < -0.39 is 0 Å². The van der Waals surface area contributed by atoms with E-state index in [4.69, 9.17) is 0 Å². The highest BCUT2D eigenvalue weighted by Gasteiger charge is 2.14. The normalized spacial score (nSPS) is 11.1. The van der Waals surface area contributed by atoms with Crippen LogP contribution in [0.3, 0.4) is 0 Å². The molecule has 4 rings (SSSR count). The summed E-state index contributed by atoms with van der Waals surface area (Å²) in [6.07, 6.45) is 1.57. The van der Waals surface area contributed by atoms with Crippen molar-refractivity contribution >= 4 is 44.9 Å². The Hall–Kier alpha value is -2.70. The summed E-state index contributed by atoms with van der Waals surface area (Å²) < 4.78 is 0. The second kappa shape index (κ2) is 8.76. The lowest BCUT2D eigenvalue weighted by Gasteiger charge is -2.09. The van der Waals surface area contributed by atoms with E-state index in [2.05, 4.69) is 58.8 Å². The average Bonchev–Trinajstić information content (AvgIpc) is 3.18. The molecule has 29 heavy (non-hydrogen) atoms. The van der Waals surface area contributed by atoms with Gasteiger partial charge < -0.3 is 5.32 Å². The molecule has 0 aliphatic rings. The van der Waals surface area contributed by atoms with Crippen LogP contribution in [0.2, 0.25) is 0 Å². The first-order valence-corrected chi connectivity index (χ1v) is 11.3. The molecule has 0 aliphatic carbocycles. The van der Waals surface area contributed by atoms with Crippen LogP contribution < -0.4 is 5.32 Å². The molecule has 4 aromatic rings. The minimum Gasteiger partial charge on any atom is -0.325 e. The zero-order valence-electron chi connectivity index (χ0n) is 16.3. The van der Waals surface area contributed by atoms with Crippen LogP contribution in [-0.4, -0.2) is 21.6 Å². The first kappa shape index (κ1) is 19.6. The molecular formula is C23H21N3OS2. The molecule has 0 spiro atoms. The summed E-state index contributed by atoms with van der Waals surface area (Å²) in [4.78, 5) is 22.2. The summed E-state index contributed by atoms with van der Waals surface area (Å²) in [5.41, 5.74) is 4.31. The van der Waals surface area contributed by atoms with Crippen molar-refractivity contribution in [2.24, 2.45) is 0 Å². The summed E-state index contributed by atoms with van der Waals surface area (Å²) in [5.74, 6) is 0.720. The van der Waals surface area contributed by atoms with E-state index in [-0.39, 0.29) is 5.91 Å². The van der Waals surface area contributed by atoms with Crippen LogP contribution in [0.15, 0.2) is 71.3 Å². The van der Waals surface area contributed by atoms with Gasteiger partial charge in [-0.15, -0.1) is 11.3 Å². The molecule has 1 amide bonds. The van der Waals surface area contributed by atoms with Crippen LogP contribution in [0.1, 0.15) is 25.3 Å². The monoisotopic (exact) mass is 419 g/mol. The molecule has 0 fully saturated rings. The Morgan fingerprint density at radius 1 is 1.07 bits per heavy atom. The highest BCUT2D eigenvalue weighted by molar-refractivity contribution is 8.00. The van der Waals surface area contributed by atoms with Gasteiger partial charge in [-0.05, 0) is 29.2 Å². The average molecular weight is 420 g/mol. The minimum absolute atomic E-state index is 0.0458. The second-order valence-corrected chi connectivity index (χ2v) is 8.81. The molecule has 0 bridgehead atoms. The van der Waals surface area contributed by atoms with E-state index in [1.807, 2.05) is 30.3 Å². The Labute approximate surface area is 178 Å². The zero-order chi connectivity index (χ0) is 20.2. The minimum atomic E-state index is -0.0458. The van der Waals surface area contributed by atoms with Crippen LogP contribution in [0.5, 0.6) is 0 Å². The Balaban J connectivity index is 1.49. The van der Waals surface area contributed by atoms with Crippen molar-refractivity contribution in [1.29, 1.82) is 0 Å². The number of nitrogens with zero attached hydrogens (tertiary/aromatic N) is 2. The van der Waals surface area contributed by atoms with Crippen LogP contribution in [0.4, 0.5) is 5.69 Å². The fraction of sp³-hybridized carbons (Fsp3) is 0.174. The predicted molar refractivity (Wildman–Crippen MR) is 123 cm³/mol. The number of aromatic nitrogens is 2. The van der Waals surface area contributed by atoms with E-state index >= 15 is 0 Å². The molecule has 0 saturated carbocycles. The van der Waals surface area contributed by atoms with Gasteiger partial charge in [0.25, 0.3) is 0 Å². The number of anilines is 1. The van der Waals surface area contributed by atoms with E-state index in [0.29, 0.717) is 11.7 Å². The summed E-state index contributed by atoms with van der Waals surface area (Å²) in [5, 5.41) is 6.92. The first-order valence-electron chi connectivity index (χ1n) is 9.42. The SMILES string of the molecule is CC(C)c1ccc(NC(=O)CSc2ncnc3scc(-c4ccccc4)c23)cc1. The van der Waals surface area contributed by atoms with Crippen molar-refractivity contribution in [3.8, 4) is 11.1 Å². The van der Waals surface area contributed by atoms with Gasteiger partial charge in [0.1, 0.15) is 16.2 Å². The molecule has 4 nitrogen and oxygen atoms in total. The zero-order valence-corrected chi connectivity index (χ0v) is 17.9. The van der Waals surface area contributed by atoms with Gasteiger partial charge in [0.05, 0.1) is 11.1 Å². The van der Waals surface area contributed by atoms with E-state index in [1.165, 1.54) is 17.3 Å². The van der Waals surface area contributed by atoms with Gasteiger partial charge >= 0.3 is 0 Å². The maximum absolute atomic E-state index is 12.5. The number of amides is 1. The van der Waals surface area contributed by atoms with Crippen molar-refractivity contribution in [1.82, 2.24) is 9.97 Å². The van der Waals surface area contributed by atoms with Crippen LogP contribution in [-0.2, 0) is 4.79 Å². The Kier molecular flexibility index (Phi) is 5.92. The summed E-state index contributed by atoms with van der Waals surface area (Å²) in [7, 11) is 0. The number of carbonyl (C=O) groups excluding carboxylic acids is 1. The summed E-state index contributed by atoms with van der Waals surface area (Å²) in [6, 6.07) is 18.2. The lowest BCUT2D eigenvalue weighted by atomic mass is 10.0. The topological polar surface area (TPSA) is 54.9 Å². The lowest BCUT2D eigenvalue weighted by Crippen LogP contribution is -2.14. The van der Waals surface area contributed by atoms with Crippen molar-refractivity contribution < 1.29 is 4.79 Å². The fourth-order valence-corrected chi connectivity index (χ4v) is 4.86. The molecule has 2 aromatic heterocycles. The maximum Gasteiger partial charge on any atom is 0.234 e. The quantitative estimate of drug-likeness (QED) is 0.298. The number of hydrogen-bond donors (Lipinski definition) is 1. The number of thiophene rings is 1. The molecule has 0 aliphatic heterocycles. The van der Waals surface area contributed by atoms with Crippen molar-refractivity contribution in [3.05, 3.63) is 71.9 Å². The van der Waals surface area contributed by atoms with Gasteiger partial charge in [0, 0.05) is 16.6 Å². The number of hydrogen-bond acceptors (Lipinski definition) is 5. The molecule has 146 valence electrons. The third-order valence-electron chi connectivity index (χ3n) is 4.62. The number of carbonyl (C=O) groups is 1. The molecule has 0 unspecified atom stereocenters. The lowest BCUT2D eigenvalue weighted by molar-refractivity contribution is -0.113. The van der Waals surface area contributed by atoms with Crippen molar-refractivity contribution in [3.63, 3.8) is 0 Å². The Morgan fingerprint density at radius 3 is 2.55 bits per heavy atom. The van der Waals surface area contributed by atoms with Crippen molar-refractivity contribution in [2.75, 3.05) is 11.1 Å². The van der Waals surface area contributed by atoms with Gasteiger partial charge in [-0.2, -0.15) is 0 Å². The van der Waals surface area contributed by atoms with E-state index in [9.17, 15) is 4.79 Å². The maximum atomic E-state index is 12.5. The number of nitrogens with one attached hydrogen (secondary N) is 1. The highest BCUT2D eigenvalue weighted by Crippen LogP contribution is 2.37. The van der Waals surface area contributed by atoms with Crippen LogP contribution in [0, 0.1) is 0 Å². The summed E-state index contributed by atoms with van der Waals surface area (Å²) in [6.45, 7) is 4.31. The highest BCUT2D eigenvalue weighted by atomic mass is 32.2. The molecule has 0 saturated heterocycles. The van der Waals surface area contributed by atoms with Gasteiger partial charge in [-0.25, -0.2) is 9.97 Å². The second-order valence-electron chi connectivity index (χ2n) is 6.99. The third-order valence-corrected chi connectivity index (χ3v) is 6.50. The Bertz CT molecular complexity index is 1120. The van der Waals surface area contributed by atoms with Gasteiger partial charge in [0.2, 0.25) is 5.91 Å².